The fraction of sp³-hybridized carbons (Fsp3) is 0.562. The van der Waals surface area contributed by atoms with Crippen molar-refractivity contribution in [1.82, 2.24) is 4.31 Å². The highest BCUT2D eigenvalue weighted by Crippen LogP contribution is 2.33. The number of hydrogen-bond acceptors (Lipinski definition) is 3. The number of amides is 1. The Morgan fingerprint density at radius 1 is 1.17 bits per heavy atom. The van der Waals surface area contributed by atoms with Crippen LogP contribution in [0.5, 0.6) is 0 Å². The van der Waals surface area contributed by atoms with Gasteiger partial charge in [-0.1, -0.05) is 19.8 Å². The van der Waals surface area contributed by atoms with E-state index in [1.807, 2.05) is 11.0 Å². The van der Waals surface area contributed by atoms with Crippen LogP contribution in [0, 0.1) is 0 Å². The molecule has 1 heterocycles. The molecule has 0 aromatic heterocycles. The van der Waals surface area contributed by atoms with E-state index < -0.39 is 10.2 Å². The quantitative estimate of drug-likeness (QED) is 0.714. The number of anilines is 2. The van der Waals surface area contributed by atoms with Gasteiger partial charge in [0.15, 0.2) is 0 Å². The summed E-state index contributed by atoms with van der Waals surface area (Å²) in [5.41, 5.74) is 2.37. The van der Waals surface area contributed by atoms with Gasteiger partial charge < -0.3 is 4.90 Å². The maximum atomic E-state index is 12.2. The molecule has 0 bridgehead atoms. The molecule has 128 valence electrons. The van der Waals surface area contributed by atoms with Crippen LogP contribution in [0.4, 0.5) is 11.4 Å². The average Bonchev–Trinajstić information content (AvgIpc) is 2.81. The van der Waals surface area contributed by atoms with Gasteiger partial charge in [0.1, 0.15) is 0 Å². The number of carbonyl (C=O) groups is 1. The van der Waals surface area contributed by atoms with Gasteiger partial charge in [0.2, 0.25) is 5.91 Å². The summed E-state index contributed by atoms with van der Waals surface area (Å²) < 4.78 is 26.8. The second-order valence-electron chi connectivity index (χ2n) is 6.00. The van der Waals surface area contributed by atoms with Crippen LogP contribution in [0.2, 0.25) is 0 Å². The molecule has 1 aliphatic heterocycles. The molecule has 2 rings (SSSR count). The summed E-state index contributed by atoms with van der Waals surface area (Å²) in [6.07, 6.45) is 3.53. The Balaban J connectivity index is 2.25. The molecule has 0 saturated carbocycles. The highest BCUT2D eigenvalue weighted by molar-refractivity contribution is 7.90. The summed E-state index contributed by atoms with van der Waals surface area (Å²) in [6.45, 7) is 2.86. The number of hydrogen-bond donors (Lipinski definition) is 0. The van der Waals surface area contributed by atoms with Crippen LogP contribution in [0.1, 0.15) is 31.7 Å². The number of nitrogens with zero attached hydrogens (tertiary/aromatic N) is 3. The molecular formula is C16H25N3O3S. The van der Waals surface area contributed by atoms with Gasteiger partial charge >= 0.3 is 10.2 Å². The highest BCUT2D eigenvalue weighted by Gasteiger charge is 2.28. The van der Waals surface area contributed by atoms with Gasteiger partial charge in [0.05, 0.1) is 12.1 Å². The minimum Gasteiger partial charge on any atom is -0.312 e. The Hall–Kier alpha value is -1.60. The van der Waals surface area contributed by atoms with Crippen molar-refractivity contribution in [3.8, 4) is 0 Å². The summed E-state index contributed by atoms with van der Waals surface area (Å²) in [4.78, 5) is 14.0. The van der Waals surface area contributed by atoms with E-state index in [1.165, 1.54) is 29.8 Å². The molecule has 0 saturated heterocycles. The second-order valence-corrected chi connectivity index (χ2v) is 8.17. The Bertz CT molecular complexity index is 686. The van der Waals surface area contributed by atoms with Gasteiger partial charge in [-0.2, -0.15) is 12.7 Å². The van der Waals surface area contributed by atoms with Gasteiger partial charge in [-0.3, -0.25) is 9.10 Å². The first kappa shape index (κ1) is 17.7. The van der Waals surface area contributed by atoms with E-state index in [4.69, 9.17) is 0 Å². The summed E-state index contributed by atoms with van der Waals surface area (Å²) >= 11 is 0. The van der Waals surface area contributed by atoms with Crippen molar-refractivity contribution in [3.63, 3.8) is 0 Å². The number of carbonyl (C=O) groups excluding carboxylic acids is 1. The molecule has 7 heteroatoms. The normalized spacial score (nSPS) is 14.5. The zero-order valence-corrected chi connectivity index (χ0v) is 15.1. The Kier molecular flexibility index (Phi) is 5.31. The largest absolute Gasteiger partial charge is 0.312 e. The zero-order chi connectivity index (χ0) is 17.2. The second kappa shape index (κ2) is 6.88. The van der Waals surface area contributed by atoms with E-state index in [0.717, 1.165) is 37.1 Å². The average molecular weight is 339 g/mol. The molecule has 0 radical (unpaired) electrons. The predicted octanol–water partition coefficient (Wildman–Crippen LogP) is 2.01. The van der Waals surface area contributed by atoms with Crippen LogP contribution in [-0.4, -0.2) is 46.3 Å². The lowest BCUT2D eigenvalue weighted by Crippen LogP contribution is -2.37. The number of benzene rings is 1. The van der Waals surface area contributed by atoms with E-state index in [2.05, 4.69) is 6.92 Å². The lowest BCUT2D eigenvalue weighted by atomic mass is 10.1. The van der Waals surface area contributed by atoms with Crippen molar-refractivity contribution >= 4 is 27.5 Å². The molecule has 1 aliphatic rings. The number of unbranched alkanes of at least 4 members (excludes halogenated alkanes) is 2. The van der Waals surface area contributed by atoms with E-state index in [9.17, 15) is 13.2 Å². The Morgan fingerprint density at radius 2 is 1.87 bits per heavy atom. The molecule has 23 heavy (non-hydrogen) atoms. The molecule has 0 N–H and O–H groups in total. The van der Waals surface area contributed by atoms with Gasteiger partial charge in [-0.15, -0.1) is 0 Å². The first-order chi connectivity index (χ1) is 10.8. The van der Waals surface area contributed by atoms with Crippen molar-refractivity contribution < 1.29 is 13.2 Å². The van der Waals surface area contributed by atoms with Crippen molar-refractivity contribution in [3.05, 3.63) is 23.8 Å². The summed E-state index contributed by atoms with van der Waals surface area (Å²) in [6, 6.07) is 5.41. The molecule has 0 atom stereocenters. The lowest BCUT2D eigenvalue weighted by molar-refractivity contribution is -0.117. The predicted molar refractivity (Wildman–Crippen MR) is 93.0 cm³/mol. The van der Waals surface area contributed by atoms with E-state index in [0.29, 0.717) is 12.1 Å². The smallest absolute Gasteiger partial charge is 0.303 e. The van der Waals surface area contributed by atoms with E-state index in [1.54, 1.807) is 12.1 Å². The van der Waals surface area contributed by atoms with Gasteiger partial charge in [0, 0.05) is 33.4 Å². The fourth-order valence-corrected chi connectivity index (χ4v) is 3.58. The maximum absolute atomic E-state index is 12.2. The standard InChI is InChI=1S/C16H25N3O3S/c1-5-6-7-10-19-15-9-8-14(11-13(15)12-16(19)20)18(4)23(21,22)17(2)3/h8-9,11H,5-7,10,12H2,1-4H3. The minimum atomic E-state index is -3.52. The number of fused-ring (bicyclic) bond motifs is 1. The molecule has 0 unspecified atom stereocenters. The molecule has 1 amide bonds. The minimum absolute atomic E-state index is 0.0892. The van der Waals surface area contributed by atoms with E-state index in [-0.39, 0.29) is 5.91 Å². The summed E-state index contributed by atoms with van der Waals surface area (Å²) in [7, 11) is 0.993. The topological polar surface area (TPSA) is 60.9 Å². The first-order valence-electron chi connectivity index (χ1n) is 7.88. The molecule has 1 aromatic rings. The van der Waals surface area contributed by atoms with Crippen LogP contribution in [0.15, 0.2) is 18.2 Å². The third kappa shape index (κ3) is 3.50. The van der Waals surface area contributed by atoms with E-state index >= 15 is 0 Å². The van der Waals surface area contributed by atoms with Crippen LogP contribution in [0.25, 0.3) is 0 Å². The third-order valence-electron chi connectivity index (χ3n) is 4.15. The maximum Gasteiger partial charge on any atom is 0.303 e. The molecule has 0 fully saturated rings. The Labute approximate surface area is 138 Å². The molecule has 1 aromatic carbocycles. The molecule has 0 spiro atoms. The van der Waals surface area contributed by atoms with Gasteiger partial charge in [-0.25, -0.2) is 0 Å². The van der Waals surface area contributed by atoms with Crippen LogP contribution < -0.4 is 9.21 Å². The molecule has 6 nitrogen and oxygen atoms in total. The summed E-state index contributed by atoms with van der Waals surface area (Å²) in [5.74, 6) is 0.0892. The van der Waals surface area contributed by atoms with Crippen LogP contribution in [-0.2, 0) is 21.4 Å². The fourth-order valence-electron chi connectivity index (χ4n) is 2.71. The lowest BCUT2D eigenvalue weighted by Gasteiger charge is -2.24. The van der Waals surface area contributed by atoms with Crippen molar-refractivity contribution in [2.24, 2.45) is 0 Å². The van der Waals surface area contributed by atoms with Crippen LogP contribution >= 0.6 is 0 Å². The van der Waals surface area contributed by atoms with Crippen molar-refractivity contribution in [2.75, 3.05) is 36.9 Å². The van der Waals surface area contributed by atoms with Crippen molar-refractivity contribution in [1.29, 1.82) is 0 Å². The highest BCUT2D eigenvalue weighted by atomic mass is 32.2. The summed E-state index contributed by atoms with van der Waals surface area (Å²) in [5, 5.41) is 0. The van der Waals surface area contributed by atoms with Gasteiger partial charge in [-0.05, 0) is 30.2 Å². The molecular weight excluding hydrogens is 314 g/mol. The Morgan fingerprint density at radius 3 is 2.48 bits per heavy atom. The number of rotatable bonds is 7. The van der Waals surface area contributed by atoms with Crippen LogP contribution in [0.3, 0.4) is 0 Å². The van der Waals surface area contributed by atoms with Gasteiger partial charge in [0.25, 0.3) is 0 Å². The molecule has 0 aliphatic carbocycles. The monoisotopic (exact) mass is 339 g/mol. The first-order valence-corrected chi connectivity index (χ1v) is 9.28. The third-order valence-corrected chi connectivity index (χ3v) is 5.98. The zero-order valence-electron chi connectivity index (χ0n) is 14.2. The SMILES string of the molecule is CCCCCN1C(=O)Cc2cc(N(C)S(=O)(=O)N(C)C)ccc21. The van der Waals surface area contributed by atoms with Crippen molar-refractivity contribution in [2.45, 2.75) is 32.6 Å².